The number of hydrogen-bond donors (Lipinski definition) is 3. The van der Waals surface area contributed by atoms with E-state index in [0.717, 1.165) is 31.3 Å². The Balaban J connectivity index is 1.57. The van der Waals surface area contributed by atoms with Crippen LogP contribution in [0.25, 0.3) is 0 Å². The number of cyclic esters (lactones) is 1. The van der Waals surface area contributed by atoms with E-state index in [9.17, 15) is 24.9 Å². The minimum Gasteiger partial charge on any atom is -0.458 e. The summed E-state index contributed by atoms with van der Waals surface area (Å²) in [6.07, 6.45) is 3.74. The predicted molar refractivity (Wildman–Crippen MR) is 142 cm³/mol. The first-order valence-electron chi connectivity index (χ1n) is 14.7. The standard InChI is InChI=1S/C31H48O7/c1-16-19-10-13-30(6)26(29(19,5)12-11-21(16)33)22(34)14-20-25(23(37-17(2)32)15-31(20,30)7)18-8-9-24(28(3,4)36)38-27(18)35/h16,19-24,26,33-34,36H,8-15H2,1-7H3/b25-18-/t16-,19?,20+,21+,22-,23+,24+,26?,29+,30+,31+/m1/s1. The van der Waals surface area contributed by atoms with Crippen LogP contribution in [-0.4, -0.2) is 57.3 Å². The lowest BCUT2D eigenvalue weighted by molar-refractivity contribution is -0.234. The zero-order chi connectivity index (χ0) is 28.0. The number of aliphatic hydroxyl groups excluding tert-OH is 2. The number of aliphatic hydroxyl groups is 3. The number of rotatable bonds is 2. The molecule has 5 rings (SSSR count). The molecular formula is C31H48O7. The zero-order valence-corrected chi connectivity index (χ0v) is 24.3. The smallest absolute Gasteiger partial charge is 0.334 e. The molecule has 38 heavy (non-hydrogen) atoms. The Labute approximate surface area is 227 Å². The summed E-state index contributed by atoms with van der Waals surface area (Å²) in [7, 11) is 0. The van der Waals surface area contributed by atoms with Crippen molar-refractivity contribution in [1.82, 2.24) is 0 Å². The molecule has 1 heterocycles. The van der Waals surface area contributed by atoms with Crippen molar-refractivity contribution in [2.75, 3.05) is 0 Å². The minimum atomic E-state index is -1.13. The lowest BCUT2D eigenvalue weighted by Crippen LogP contribution is -2.65. The first kappa shape index (κ1) is 28.1. The van der Waals surface area contributed by atoms with Crippen LogP contribution in [-0.2, 0) is 19.1 Å². The Morgan fingerprint density at radius 1 is 1.05 bits per heavy atom. The topological polar surface area (TPSA) is 113 Å². The van der Waals surface area contributed by atoms with Gasteiger partial charge in [0.2, 0.25) is 0 Å². The summed E-state index contributed by atoms with van der Waals surface area (Å²) < 4.78 is 11.7. The lowest BCUT2D eigenvalue weighted by Gasteiger charge is -2.69. The average Bonchev–Trinajstić information content (AvgIpc) is 3.07. The molecule has 7 heteroatoms. The first-order chi connectivity index (χ1) is 17.5. The summed E-state index contributed by atoms with van der Waals surface area (Å²) in [5.74, 6) is -0.294. The minimum absolute atomic E-state index is 0.0603. The molecule has 0 aromatic heterocycles. The van der Waals surface area contributed by atoms with Crippen molar-refractivity contribution in [2.24, 2.45) is 39.9 Å². The normalized spacial score (nSPS) is 50.9. The third kappa shape index (κ3) is 3.93. The number of ether oxygens (including phenoxy) is 2. The van der Waals surface area contributed by atoms with Crippen LogP contribution in [0, 0.1) is 39.9 Å². The van der Waals surface area contributed by atoms with E-state index >= 15 is 0 Å². The van der Waals surface area contributed by atoms with Crippen LogP contribution in [0.1, 0.15) is 99.8 Å². The summed E-state index contributed by atoms with van der Waals surface area (Å²) in [5.41, 5.74) is -0.326. The van der Waals surface area contributed by atoms with E-state index in [1.807, 2.05) is 0 Å². The van der Waals surface area contributed by atoms with Gasteiger partial charge in [-0.05, 0) is 111 Å². The zero-order valence-electron chi connectivity index (χ0n) is 24.3. The molecule has 2 unspecified atom stereocenters. The van der Waals surface area contributed by atoms with Crippen molar-refractivity contribution >= 4 is 11.9 Å². The van der Waals surface area contributed by atoms with Gasteiger partial charge in [-0.2, -0.15) is 0 Å². The van der Waals surface area contributed by atoms with Crippen molar-refractivity contribution in [2.45, 2.75) is 130 Å². The summed E-state index contributed by atoms with van der Waals surface area (Å²) in [6.45, 7) is 13.8. The van der Waals surface area contributed by atoms with E-state index < -0.39 is 29.9 Å². The Bertz CT molecular complexity index is 1030. The molecule has 1 saturated heterocycles. The molecule has 7 nitrogen and oxygen atoms in total. The van der Waals surface area contributed by atoms with E-state index in [4.69, 9.17) is 9.47 Å². The number of esters is 2. The van der Waals surface area contributed by atoms with Gasteiger partial charge in [0.15, 0.2) is 0 Å². The molecule has 0 bridgehead atoms. The number of carbonyl (C=O) groups excluding carboxylic acids is 2. The van der Waals surface area contributed by atoms with E-state index in [2.05, 4.69) is 27.7 Å². The molecule has 4 saturated carbocycles. The number of carbonyl (C=O) groups is 2. The molecule has 0 amide bonds. The van der Waals surface area contributed by atoms with Crippen molar-refractivity contribution < 1.29 is 34.4 Å². The van der Waals surface area contributed by atoms with E-state index in [1.165, 1.54) is 6.92 Å². The summed E-state index contributed by atoms with van der Waals surface area (Å²) in [6, 6.07) is 0. The van der Waals surface area contributed by atoms with Crippen LogP contribution in [0.3, 0.4) is 0 Å². The molecule has 214 valence electrons. The van der Waals surface area contributed by atoms with Crippen LogP contribution in [0.2, 0.25) is 0 Å². The van der Waals surface area contributed by atoms with Gasteiger partial charge in [-0.15, -0.1) is 0 Å². The highest BCUT2D eigenvalue weighted by Gasteiger charge is 2.71. The van der Waals surface area contributed by atoms with Crippen LogP contribution in [0.15, 0.2) is 11.1 Å². The SMILES string of the molecule is CC(=O)O[C@H]1C[C@@]2(C)[C@@H](C[C@@H](O)C3[C@@]4(C)CC[C@H](O)[C@H](C)C4CC[C@@]32C)/C1=C1\CC[C@@H](C(C)(C)O)OC1=O. The van der Waals surface area contributed by atoms with Crippen molar-refractivity contribution in [3.63, 3.8) is 0 Å². The molecule has 0 spiro atoms. The maximum atomic E-state index is 13.4. The Kier molecular flexibility index (Phi) is 6.68. The maximum absolute atomic E-state index is 13.4. The van der Waals surface area contributed by atoms with Gasteiger partial charge in [0.05, 0.1) is 17.8 Å². The average molecular weight is 533 g/mol. The number of hydrogen-bond acceptors (Lipinski definition) is 7. The Hall–Kier alpha value is -1.44. The Morgan fingerprint density at radius 2 is 1.74 bits per heavy atom. The summed E-state index contributed by atoms with van der Waals surface area (Å²) in [5, 5.41) is 33.1. The second kappa shape index (κ2) is 9.04. The highest BCUT2D eigenvalue weighted by atomic mass is 16.6. The predicted octanol–water partition coefficient (Wildman–Crippen LogP) is 4.31. The van der Waals surface area contributed by atoms with Crippen molar-refractivity contribution in [3.05, 3.63) is 11.1 Å². The fraction of sp³-hybridized carbons (Fsp3) is 0.871. The second-order valence-corrected chi connectivity index (χ2v) is 14.6. The van der Waals surface area contributed by atoms with Crippen LogP contribution >= 0.6 is 0 Å². The second-order valence-electron chi connectivity index (χ2n) is 14.6. The third-order valence-electron chi connectivity index (χ3n) is 12.3. The van der Waals surface area contributed by atoms with E-state index in [1.54, 1.807) is 13.8 Å². The van der Waals surface area contributed by atoms with Crippen molar-refractivity contribution in [1.29, 1.82) is 0 Å². The summed E-state index contributed by atoms with van der Waals surface area (Å²) >= 11 is 0. The molecule has 0 aromatic carbocycles. The van der Waals surface area contributed by atoms with Crippen LogP contribution in [0.5, 0.6) is 0 Å². The third-order valence-corrected chi connectivity index (χ3v) is 12.3. The van der Waals surface area contributed by atoms with E-state index in [-0.39, 0.29) is 46.1 Å². The lowest BCUT2D eigenvalue weighted by atomic mass is 9.36. The fourth-order valence-electron chi connectivity index (χ4n) is 10.3. The highest BCUT2D eigenvalue weighted by Crippen LogP contribution is 2.74. The quantitative estimate of drug-likeness (QED) is 0.359. The molecule has 0 radical (unpaired) electrons. The molecule has 1 aliphatic heterocycles. The molecular weight excluding hydrogens is 484 g/mol. The van der Waals surface area contributed by atoms with Gasteiger partial charge >= 0.3 is 11.9 Å². The largest absolute Gasteiger partial charge is 0.458 e. The molecule has 0 aromatic rings. The van der Waals surface area contributed by atoms with Crippen molar-refractivity contribution in [3.8, 4) is 0 Å². The fourth-order valence-corrected chi connectivity index (χ4v) is 10.3. The molecule has 5 aliphatic rings. The first-order valence-corrected chi connectivity index (χ1v) is 14.7. The van der Waals surface area contributed by atoms with Crippen LogP contribution in [0.4, 0.5) is 0 Å². The van der Waals surface area contributed by atoms with E-state index in [0.29, 0.717) is 37.2 Å². The van der Waals surface area contributed by atoms with Crippen LogP contribution < -0.4 is 0 Å². The summed E-state index contributed by atoms with van der Waals surface area (Å²) in [4.78, 5) is 25.6. The molecule has 11 atom stereocenters. The van der Waals surface area contributed by atoms with Gasteiger partial charge in [0.1, 0.15) is 12.2 Å². The van der Waals surface area contributed by atoms with Gasteiger partial charge in [0, 0.05) is 12.5 Å². The van der Waals surface area contributed by atoms with Gasteiger partial charge < -0.3 is 24.8 Å². The molecule has 3 N–H and O–H groups in total. The number of fused-ring (bicyclic) bond motifs is 5. The van der Waals surface area contributed by atoms with Gasteiger partial charge in [-0.3, -0.25) is 4.79 Å². The van der Waals surface area contributed by atoms with Gasteiger partial charge in [0.25, 0.3) is 0 Å². The molecule has 4 aliphatic carbocycles. The van der Waals surface area contributed by atoms with Gasteiger partial charge in [-0.1, -0.05) is 27.7 Å². The Morgan fingerprint density at radius 3 is 2.34 bits per heavy atom. The monoisotopic (exact) mass is 532 g/mol. The maximum Gasteiger partial charge on any atom is 0.334 e. The molecule has 5 fully saturated rings. The van der Waals surface area contributed by atoms with Gasteiger partial charge in [-0.25, -0.2) is 4.79 Å². The highest BCUT2D eigenvalue weighted by molar-refractivity contribution is 5.91.